The highest BCUT2D eigenvalue weighted by molar-refractivity contribution is 6.23. The SMILES string of the molecule is CCC1=C(OC(=O)N(CC)CC)N2C(=O)OC(=NCc3ccccc3)[C@]2(C)C2C1=CCC1C(=O)N(c3ccccc3)C(=O)C12. The van der Waals surface area contributed by atoms with Crippen molar-refractivity contribution in [3.63, 3.8) is 0 Å². The molecule has 3 heterocycles. The Hall–Kier alpha value is -4.73. The molecule has 3 aliphatic heterocycles. The van der Waals surface area contributed by atoms with Gasteiger partial charge in [0.2, 0.25) is 23.6 Å². The van der Waals surface area contributed by atoms with Gasteiger partial charge in [-0.1, -0.05) is 61.5 Å². The van der Waals surface area contributed by atoms with E-state index in [1.54, 1.807) is 31.2 Å². The number of ether oxygens (including phenoxy) is 2. The second-order valence-electron chi connectivity index (χ2n) is 11.5. The Balaban J connectivity index is 1.52. The van der Waals surface area contributed by atoms with E-state index in [-0.39, 0.29) is 30.1 Å². The molecule has 228 valence electrons. The molecular formula is C34H36N4O6. The van der Waals surface area contributed by atoms with Crippen LogP contribution in [0.2, 0.25) is 0 Å². The van der Waals surface area contributed by atoms with Gasteiger partial charge in [-0.25, -0.2) is 19.5 Å². The van der Waals surface area contributed by atoms with Gasteiger partial charge < -0.3 is 14.4 Å². The largest absolute Gasteiger partial charge is 0.424 e. The third-order valence-electron chi connectivity index (χ3n) is 9.26. The number of benzene rings is 2. The second kappa shape index (κ2) is 11.4. The van der Waals surface area contributed by atoms with E-state index in [4.69, 9.17) is 14.5 Å². The monoisotopic (exact) mass is 596 g/mol. The fraction of sp³-hybridized carbons (Fsp3) is 0.382. The average Bonchev–Trinajstić information content (AvgIpc) is 3.45. The normalized spacial score (nSPS) is 26.7. The smallest absolute Gasteiger partial charge is 0.393 e. The van der Waals surface area contributed by atoms with Crippen LogP contribution >= 0.6 is 0 Å². The van der Waals surface area contributed by atoms with Gasteiger partial charge in [-0.2, -0.15) is 0 Å². The highest BCUT2D eigenvalue weighted by Crippen LogP contribution is 2.57. The maximum absolute atomic E-state index is 14.3. The van der Waals surface area contributed by atoms with Crippen molar-refractivity contribution in [1.29, 1.82) is 0 Å². The van der Waals surface area contributed by atoms with Crippen LogP contribution < -0.4 is 4.90 Å². The van der Waals surface area contributed by atoms with Crippen molar-refractivity contribution < 1.29 is 28.7 Å². The molecule has 10 nitrogen and oxygen atoms in total. The molecular weight excluding hydrogens is 560 g/mol. The summed E-state index contributed by atoms with van der Waals surface area (Å²) in [6, 6.07) is 18.5. The summed E-state index contributed by atoms with van der Waals surface area (Å²) in [6.45, 7) is 8.50. The molecule has 1 aliphatic carbocycles. The van der Waals surface area contributed by atoms with Crippen LogP contribution in [0, 0.1) is 17.8 Å². The molecule has 2 saturated heterocycles. The third kappa shape index (κ3) is 4.42. The zero-order valence-corrected chi connectivity index (χ0v) is 25.4. The van der Waals surface area contributed by atoms with Crippen LogP contribution in [0.4, 0.5) is 15.3 Å². The zero-order chi connectivity index (χ0) is 31.2. The molecule has 2 aromatic carbocycles. The molecule has 2 fully saturated rings. The lowest BCUT2D eigenvalue weighted by Crippen LogP contribution is -2.60. The number of fused-ring (bicyclic) bond motifs is 5. The number of rotatable bonds is 7. The lowest BCUT2D eigenvalue weighted by molar-refractivity contribution is -0.123. The minimum Gasteiger partial charge on any atom is -0.393 e. The van der Waals surface area contributed by atoms with E-state index in [0.29, 0.717) is 37.2 Å². The highest BCUT2D eigenvalue weighted by Gasteiger charge is 2.68. The third-order valence-corrected chi connectivity index (χ3v) is 9.26. The standard InChI is InChI=1S/C34H36N4O6/c1-5-23-24-18-19-25-26(29(40)37(28(25)39)22-16-12-9-13-17-22)27(24)34(4)31(35-20-21-14-10-8-11-15-21)44-33(42)38(34)30(23)43-32(41)36(6-2)7-3/h8-18,25-27H,5-7,19-20H2,1-4H3/t25?,26?,27?,34-/m0/s1. The molecule has 0 spiro atoms. The average molecular weight is 597 g/mol. The molecule has 0 N–H and O–H groups in total. The summed E-state index contributed by atoms with van der Waals surface area (Å²) in [5, 5.41) is 0. The van der Waals surface area contributed by atoms with E-state index >= 15 is 0 Å². The van der Waals surface area contributed by atoms with Gasteiger partial charge in [0.1, 0.15) is 5.54 Å². The van der Waals surface area contributed by atoms with Gasteiger partial charge in [-0.3, -0.25) is 14.5 Å². The first kappa shape index (κ1) is 29.3. The summed E-state index contributed by atoms with van der Waals surface area (Å²) in [5.74, 6) is -2.48. The minimum atomic E-state index is -1.35. The molecule has 4 amide bonds. The lowest BCUT2D eigenvalue weighted by atomic mass is 9.61. The van der Waals surface area contributed by atoms with E-state index < -0.39 is 35.5 Å². The first-order chi connectivity index (χ1) is 21.3. The lowest BCUT2D eigenvalue weighted by Gasteiger charge is -2.49. The first-order valence-corrected chi connectivity index (χ1v) is 15.2. The van der Waals surface area contributed by atoms with Crippen LogP contribution in [-0.4, -0.2) is 58.3 Å². The van der Waals surface area contributed by atoms with E-state index in [9.17, 15) is 19.2 Å². The highest BCUT2D eigenvalue weighted by atomic mass is 16.6. The number of allylic oxidation sites excluding steroid dienone is 2. The predicted octanol–water partition coefficient (Wildman–Crippen LogP) is 5.66. The van der Waals surface area contributed by atoms with Gasteiger partial charge in [-0.15, -0.1) is 0 Å². The maximum Gasteiger partial charge on any atom is 0.424 e. The number of hydrogen-bond donors (Lipinski definition) is 0. The Bertz CT molecular complexity index is 1600. The van der Waals surface area contributed by atoms with Crippen molar-refractivity contribution in [3.8, 4) is 0 Å². The first-order valence-electron chi connectivity index (χ1n) is 15.2. The predicted molar refractivity (Wildman–Crippen MR) is 163 cm³/mol. The summed E-state index contributed by atoms with van der Waals surface area (Å²) >= 11 is 0. The van der Waals surface area contributed by atoms with Gasteiger partial charge in [-0.05, 0) is 56.9 Å². The molecule has 0 aromatic heterocycles. The number of para-hydroxylation sites is 1. The fourth-order valence-corrected chi connectivity index (χ4v) is 7.11. The van der Waals surface area contributed by atoms with Crippen molar-refractivity contribution in [2.75, 3.05) is 18.0 Å². The molecule has 2 aromatic rings. The Morgan fingerprint density at radius 3 is 2.30 bits per heavy atom. The number of aliphatic imine (C=N–C) groups is 1. The summed E-state index contributed by atoms with van der Waals surface area (Å²) in [5.41, 5.74) is 1.48. The van der Waals surface area contributed by atoms with Gasteiger partial charge in [0.25, 0.3) is 0 Å². The molecule has 6 rings (SSSR count). The van der Waals surface area contributed by atoms with E-state index in [0.717, 1.165) is 11.1 Å². The van der Waals surface area contributed by atoms with Gasteiger partial charge >= 0.3 is 12.2 Å². The molecule has 0 radical (unpaired) electrons. The summed E-state index contributed by atoms with van der Waals surface area (Å²) < 4.78 is 11.9. The maximum atomic E-state index is 14.3. The number of anilines is 1. The number of cyclic esters (lactones) is 1. The topological polar surface area (TPSA) is 109 Å². The van der Waals surface area contributed by atoms with E-state index in [1.165, 1.54) is 14.7 Å². The Morgan fingerprint density at radius 2 is 1.66 bits per heavy atom. The fourth-order valence-electron chi connectivity index (χ4n) is 7.11. The van der Waals surface area contributed by atoms with Crippen LogP contribution in [-0.2, 0) is 25.6 Å². The number of carbonyl (C=O) groups is 4. The molecule has 10 heteroatoms. The van der Waals surface area contributed by atoms with Crippen LogP contribution in [0.5, 0.6) is 0 Å². The number of amides is 4. The Morgan fingerprint density at radius 1 is 1.00 bits per heavy atom. The van der Waals surface area contributed by atoms with Crippen molar-refractivity contribution in [3.05, 3.63) is 89.3 Å². The summed E-state index contributed by atoms with van der Waals surface area (Å²) in [7, 11) is 0. The number of hydrogen-bond acceptors (Lipinski definition) is 7. The van der Waals surface area contributed by atoms with E-state index in [1.807, 2.05) is 63.2 Å². The van der Waals surface area contributed by atoms with Crippen LogP contribution in [0.25, 0.3) is 0 Å². The number of nitrogens with zero attached hydrogens (tertiary/aromatic N) is 4. The quantitative estimate of drug-likeness (QED) is 0.382. The van der Waals surface area contributed by atoms with Crippen molar-refractivity contribution in [2.24, 2.45) is 22.7 Å². The van der Waals surface area contributed by atoms with Crippen LogP contribution in [0.3, 0.4) is 0 Å². The summed E-state index contributed by atoms with van der Waals surface area (Å²) in [6.07, 6.45) is 1.39. The van der Waals surface area contributed by atoms with Gasteiger partial charge in [0.15, 0.2) is 0 Å². The Kier molecular flexibility index (Phi) is 7.61. The zero-order valence-electron chi connectivity index (χ0n) is 25.4. The minimum absolute atomic E-state index is 0.0828. The van der Waals surface area contributed by atoms with Crippen molar-refractivity contribution >= 4 is 35.6 Å². The molecule has 4 aliphatic rings. The molecule has 0 bridgehead atoms. The molecule has 44 heavy (non-hydrogen) atoms. The van der Waals surface area contributed by atoms with Crippen LogP contribution in [0.15, 0.2) is 88.8 Å². The van der Waals surface area contributed by atoms with Gasteiger partial charge in [0, 0.05) is 24.6 Å². The number of carbonyl (C=O) groups excluding carboxylic acids is 4. The molecule has 4 atom stereocenters. The second-order valence-corrected chi connectivity index (χ2v) is 11.5. The van der Waals surface area contributed by atoms with E-state index in [2.05, 4.69) is 0 Å². The molecule has 0 saturated carbocycles. The number of imide groups is 1. The van der Waals surface area contributed by atoms with Crippen molar-refractivity contribution in [2.45, 2.75) is 52.6 Å². The van der Waals surface area contributed by atoms with Crippen LogP contribution in [0.1, 0.15) is 46.1 Å². The van der Waals surface area contributed by atoms with Crippen molar-refractivity contribution in [1.82, 2.24) is 9.80 Å². The Labute approximate surface area is 256 Å². The molecule has 3 unspecified atom stereocenters. The summed E-state index contributed by atoms with van der Waals surface area (Å²) in [4.78, 5) is 64.2. The van der Waals surface area contributed by atoms with Gasteiger partial charge in [0.05, 0.1) is 24.1 Å².